The van der Waals surface area contributed by atoms with E-state index in [0.29, 0.717) is 38.1 Å². The molecule has 1 aromatic carbocycles. The van der Waals surface area contributed by atoms with Crippen LogP contribution in [0.25, 0.3) is 0 Å². The molecule has 0 radical (unpaired) electrons. The van der Waals surface area contributed by atoms with E-state index in [1.165, 1.54) is 12.1 Å². The lowest BCUT2D eigenvalue weighted by molar-refractivity contribution is 0.0240. The first-order valence-corrected chi connectivity index (χ1v) is 9.24. The van der Waals surface area contributed by atoms with E-state index in [1.807, 2.05) is 0 Å². The standard InChI is InChI=1S/C17H23BrF2N2O3/c1-17(2,3)25-16(23)22-7-5-21(6-8-22)15-13(19)10-12(11-14(15)20)24-9-4-18/h10-11H,4-9H2,1-3H3. The summed E-state index contributed by atoms with van der Waals surface area (Å²) < 4.78 is 39.2. The molecular formula is C17H23BrF2N2O3. The molecule has 1 aliphatic heterocycles. The summed E-state index contributed by atoms with van der Waals surface area (Å²) in [7, 11) is 0. The highest BCUT2D eigenvalue weighted by molar-refractivity contribution is 9.09. The van der Waals surface area contributed by atoms with Gasteiger partial charge in [0, 0.05) is 43.6 Å². The zero-order valence-corrected chi connectivity index (χ0v) is 16.2. The second-order valence-corrected chi connectivity index (χ2v) is 7.52. The lowest BCUT2D eigenvalue weighted by Gasteiger charge is -2.37. The number of alkyl halides is 1. The van der Waals surface area contributed by atoms with Gasteiger partial charge in [0.15, 0.2) is 11.6 Å². The van der Waals surface area contributed by atoms with Crippen LogP contribution in [0.1, 0.15) is 20.8 Å². The SMILES string of the molecule is CC(C)(C)OC(=O)N1CCN(c2c(F)cc(OCCBr)cc2F)CC1. The van der Waals surface area contributed by atoms with E-state index >= 15 is 0 Å². The minimum atomic E-state index is -0.671. The average Bonchev–Trinajstić information content (AvgIpc) is 2.51. The number of hydrogen-bond donors (Lipinski definition) is 0. The number of carbonyl (C=O) groups excluding carboxylic acids is 1. The predicted molar refractivity (Wildman–Crippen MR) is 95.7 cm³/mol. The Morgan fingerprint density at radius 2 is 1.72 bits per heavy atom. The number of ether oxygens (including phenoxy) is 2. The van der Waals surface area contributed by atoms with Crippen molar-refractivity contribution < 1.29 is 23.0 Å². The van der Waals surface area contributed by atoms with Crippen molar-refractivity contribution in [3.05, 3.63) is 23.8 Å². The molecule has 140 valence electrons. The Morgan fingerprint density at radius 3 is 2.20 bits per heavy atom. The monoisotopic (exact) mass is 420 g/mol. The molecular weight excluding hydrogens is 398 g/mol. The van der Waals surface area contributed by atoms with Crippen molar-refractivity contribution in [2.24, 2.45) is 0 Å². The summed E-state index contributed by atoms with van der Waals surface area (Å²) in [6.45, 7) is 7.06. The molecule has 0 saturated carbocycles. The zero-order chi connectivity index (χ0) is 18.6. The molecule has 0 aliphatic carbocycles. The summed E-state index contributed by atoms with van der Waals surface area (Å²) in [6, 6.07) is 2.36. The van der Waals surface area contributed by atoms with Gasteiger partial charge in [-0.1, -0.05) is 15.9 Å². The topological polar surface area (TPSA) is 42.0 Å². The lowest BCUT2D eigenvalue weighted by Crippen LogP contribution is -2.50. The van der Waals surface area contributed by atoms with E-state index < -0.39 is 23.3 Å². The maximum atomic E-state index is 14.3. The first-order valence-electron chi connectivity index (χ1n) is 8.12. The van der Waals surface area contributed by atoms with E-state index in [1.54, 1.807) is 30.6 Å². The molecule has 8 heteroatoms. The summed E-state index contributed by atoms with van der Waals surface area (Å²) in [5.74, 6) is -1.18. The third-order valence-electron chi connectivity index (χ3n) is 3.58. The maximum Gasteiger partial charge on any atom is 0.410 e. The maximum absolute atomic E-state index is 14.3. The smallest absolute Gasteiger partial charge is 0.410 e. The van der Waals surface area contributed by atoms with E-state index in [0.717, 1.165) is 0 Å². The van der Waals surface area contributed by atoms with Crippen LogP contribution < -0.4 is 9.64 Å². The van der Waals surface area contributed by atoms with Crippen LogP contribution in [0.5, 0.6) is 5.75 Å². The van der Waals surface area contributed by atoms with Crippen LogP contribution in [0, 0.1) is 11.6 Å². The van der Waals surface area contributed by atoms with Gasteiger partial charge >= 0.3 is 6.09 Å². The van der Waals surface area contributed by atoms with Crippen molar-refractivity contribution in [3.63, 3.8) is 0 Å². The van der Waals surface area contributed by atoms with E-state index in [-0.39, 0.29) is 11.4 Å². The van der Waals surface area contributed by atoms with E-state index in [9.17, 15) is 13.6 Å². The molecule has 1 amide bonds. The number of piperazine rings is 1. The number of anilines is 1. The van der Waals surface area contributed by atoms with Crippen molar-refractivity contribution in [1.82, 2.24) is 4.90 Å². The summed E-state index contributed by atoms with van der Waals surface area (Å²) in [5.41, 5.74) is -0.660. The first kappa shape index (κ1) is 19.8. The molecule has 1 aliphatic rings. The highest BCUT2D eigenvalue weighted by Crippen LogP contribution is 2.29. The van der Waals surface area contributed by atoms with Gasteiger partial charge in [0.05, 0.1) is 6.61 Å². The van der Waals surface area contributed by atoms with Crippen LogP contribution in [0.3, 0.4) is 0 Å². The zero-order valence-electron chi connectivity index (χ0n) is 14.7. The normalized spacial score (nSPS) is 15.3. The number of benzene rings is 1. The minimum Gasteiger partial charge on any atom is -0.493 e. The molecule has 1 aromatic rings. The van der Waals surface area contributed by atoms with Gasteiger partial charge < -0.3 is 19.3 Å². The highest BCUT2D eigenvalue weighted by atomic mass is 79.9. The summed E-state index contributed by atoms with van der Waals surface area (Å²) in [4.78, 5) is 15.2. The van der Waals surface area contributed by atoms with Crippen LogP contribution in [0.4, 0.5) is 19.3 Å². The summed E-state index contributed by atoms with van der Waals surface area (Å²) >= 11 is 3.19. The number of amides is 1. The lowest BCUT2D eigenvalue weighted by atomic mass is 10.2. The van der Waals surface area contributed by atoms with Crippen molar-refractivity contribution in [2.75, 3.05) is 43.0 Å². The third-order valence-corrected chi connectivity index (χ3v) is 3.91. The molecule has 25 heavy (non-hydrogen) atoms. The van der Waals surface area contributed by atoms with Gasteiger partial charge in [-0.25, -0.2) is 13.6 Å². The molecule has 0 spiro atoms. The Labute approximate surface area is 155 Å². The molecule has 0 aromatic heterocycles. The fraction of sp³-hybridized carbons (Fsp3) is 0.588. The Bertz CT molecular complexity index is 591. The minimum absolute atomic E-state index is 0.0879. The van der Waals surface area contributed by atoms with Gasteiger partial charge in [0.1, 0.15) is 17.0 Å². The van der Waals surface area contributed by atoms with Gasteiger partial charge in [0.25, 0.3) is 0 Å². The molecule has 0 N–H and O–H groups in total. The predicted octanol–water partition coefficient (Wildman–Crippen LogP) is 3.80. The number of carbonyl (C=O) groups is 1. The van der Waals surface area contributed by atoms with Gasteiger partial charge in [-0.15, -0.1) is 0 Å². The van der Waals surface area contributed by atoms with Crippen molar-refractivity contribution >= 4 is 27.7 Å². The quantitative estimate of drug-likeness (QED) is 0.694. The largest absolute Gasteiger partial charge is 0.493 e. The third kappa shape index (κ3) is 5.45. The molecule has 1 fully saturated rings. The van der Waals surface area contributed by atoms with Crippen LogP contribution in [0.2, 0.25) is 0 Å². The van der Waals surface area contributed by atoms with Crippen LogP contribution >= 0.6 is 15.9 Å². The highest BCUT2D eigenvalue weighted by Gasteiger charge is 2.28. The fourth-order valence-electron chi connectivity index (χ4n) is 2.52. The average molecular weight is 421 g/mol. The second-order valence-electron chi connectivity index (χ2n) is 6.73. The number of nitrogens with zero attached hydrogens (tertiary/aromatic N) is 2. The van der Waals surface area contributed by atoms with Gasteiger partial charge in [0.2, 0.25) is 0 Å². The number of hydrogen-bond acceptors (Lipinski definition) is 4. The fourth-order valence-corrected chi connectivity index (χ4v) is 2.69. The van der Waals surface area contributed by atoms with Crippen LogP contribution in [-0.4, -0.2) is 54.7 Å². The van der Waals surface area contributed by atoms with E-state index in [2.05, 4.69) is 15.9 Å². The molecule has 0 atom stereocenters. The molecule has 1 heterocycles. The molecule has 0 bridgehead atoms. The van der Waals surface area contributed by atoms with Crippen molar-refractivity contribution in [3.8, 4) is 5.75 Å². The second kappa shape index (κ2) is 8.21. The van der Waals surface area contributed by atoms with Gasteiger partial charge in [-0.3, -0.25) is 0 Å². The number of halogens is 3. The molecule has 1 saturated heterocycles. The Balaban J connectivity index is 2.02. The Morgan fingerprint density at radius 1 is 1.16 bits per heavy atom. The molecule has 2 rings (SSSR count). The summed E-state index contributed by atoms with van der Waals surface area (Å²) in [5, 5.41) is 0.574. The van der Waals surface area contributed by atoms with Crippen molar-refractivity contribution in [2.45, 2.75) is 26.4 Å². The summed E-state index contributed by atoms with van der Waals surface area (Å²) in [6.07, 6.45) is -0.411. The molecule has 5 nitrogen and oxygen atoms in total. The van der Waals surface area contributed by atoms with Crippen LogP contribution in [0.15, 0.2) is 12.1 Å². The van der Waals surface area contributed by atoms with Gasteiger partial charge in [-0.05, 0) is 20.8 Å². The molecule has 0 unspecified atom stereocenters. The van der Waals surface area contributed by atoms with Crippen molar-refractivity contribution in [1.29, 1.82) is 0 Å². The van der Waals surface area contributed by atoms with Gasteiger partial charge in [-0.2, -0.15) is 0 Å². The number of rotatable bonds is 4. The Kier molecular flexibility index (Phi) is 6.48. The van der Waals surface area contributed by atoms with Crippen LogP contribution in [-0.2, 0) is 4.74 Å². The first-order chi connectivity index (χ1) is 11.7. The van der Waals surface area contributed by atoms with E-state index in [4.69, 9.17) is 9.47 Å². The Hall–Kier alpha value is -1.57.